The zero-order valence-corrected chi connectivity index (χ0v) is 30.2. The molecule has 0 bridgehead atoms. The molecular formula is C37H54ClFN4O5. The number of amides is 1. The van der Waals surface area contributed by atoms with Crippen LogP contribution in [-0.4, -0.2) is 67.4 Å². The van der Waals surface area contributed by atoms with Gasteiger partial charge in [-0.2, -0.15) is 0 Å². The highest BCUT2D eigenvalue weighted by Gasteiger charge is 2.39. The maximum Gasteiger partial charge on any atom is 0.246 e. The van der Waals surface area contributed by atoms with Crippen molar-refractivity contribution in [3.05, 3.63) is 45.7 Å². The maximum atomic E-state index is 15.0. The SMILES string of the molecule is CCC(C)=Nc1nc(NC2CCc3cc(OCCNC(=O)COC)cc(F)c32)c(Cl)cc1C.CCC[C@@H]1CO[C@H](C(O)CC2CC2)[C@@H]1C. The lowest BCUT2D eigenvalue weighted by Gasteiger charge is -2.23. The Bertz CT molecular complexity index is 1400. The van der Waals surface area contributed by atoms with Gasteiger partial charge in [-0.25, -0.2) is 14.4 Å². The lowest BCUT2D eigenvalue weighted by atomic mass is 9.86. The molecule has 2 aliphatic carbocycles. The van der Waals surface area contributed by atoms with E-state index in [0.717, 1.165) is 42.2 Å². The van der Waals surface area contributed by atoms with Crippen molar-refractivity contribution < 1.29 is 28.5 Å². The van der Waals surface area contributed by atoms with Gasteiger partial charge in [0.15, 0.2) is 5.82 Å². The highest BCUT2D eigenvalue weighted by Crippen LogP contribution is 2.40. The Morgan fingerprint density at radius 2 is 2.02 bits per heavy atom. The monoisotopic (exact) mass is 688 g/mol. The number of nitrogens with one attached hydrogen (secondary N) is 2. The Balaban J connectivity index is 0.000000287. The predicted molar refractivity (Wildman–Crippen MR) is 189 cm³/mol. The van der Waals surface area contributed by atoms with Crippen molar-refractivity contribution in [1.82, 2.24) is 10.3 Å². The number of benzene rings is 1. The number of aliphatic hydroxyl groups is 1. The molecule has 1 aliphatic heterocycles. The minimum Gasteiger partial charge on any atom is -0.492 e. The molecule has 1 aromatic heterocycles. The van der Waals surface area contributed by atoms with Crippen LogP contribution < -0.4 is 15.4 Å². The predicted octanol–water partition coefficient (Wildman–Crippen LogP) is 7.52. The molecule has 1 aromatic carbocycles. The van der Waals surface area contributed by atoms with Gasteiger partial charge in [0, 0.05) is 24.5 Å². The molecule has 9 nitrogen and oxygen atoms in total. The number of aliphatic imine (C=N–C) groups is 1. The van der Waals surface area contributed by atoms with Crippen LogP contribution in [0.3, 0.4) is 0 Å². The van der Waals surface area contributed by atoms with Crippen molar-refractivity contribution in [3.63, 3.8) is 0 Å². The minimum atomic E-state index is -0.343. The Labute approximate surface area is 290 Å². The summed E-state index contributed by atoms with van der Waals surface area (Å²) in [5.41, 5.74) is 3.34. The van der Waals surface area contributed by atoms with Crippen LogP contribution in [0.1, 0.15) is 95.4 Å². The standard InChI is InChI=1S/C24H30ClFN4O3.C13H24O2/c1-5-15(3)28-23-14(2)10-18(25)24(30-23)29-20-7-6-16-11-17(12-19(26)22(16)20)33-9-8-27-21(31)13-32-4;1-3-4-11-8-15-13(9(11)2)12(14)7-10-5-6-10/h10-12,20H,5-9,13H2,1-4H3,(H,27,31)(H,29,30);9-14H,3-8H2,1-2H3/t;9-,11-,12?,13+/m.1/s1. The van der Waals surface area contributed by atoms with E-state index >= 15 is 4.39 Å². The number of nitrogens with zero attached hydrogens (tertiary/aromatic N) is 2. The molecule has 2 heterocycles. The molecule has 1 saturated heterocycles. The first kappa shape index (κ1) is 38.0. The molecule has 0 spiro atoms. The number of aryl methyl sites for hydroxylation is 2. The minimum absolute atomic E-state index is 0.00618. The van der Waals surface area contributed by atoms with E-state index < -0.39 is 0 Å². The number of halogens is 2. The summed E-state index contributed by atoms with van der Waals surface area (Å²) in [5.74, 6) is 2.98. The molecule has 1 amide bonds. The van der Waals surface area contributed by atoms with Gasteiger partial charge in [-0.15, -0.1) is 0 Å². The molecule has 48 heavy (non-hydrogen) atoms. The lowest BCUT2D eigenvalue weighted by Crippen LogP contribution is -2.31. The molecule has 5 rings (SSSR count). The Morgan fingerprint density at radius 1 is 1.25 bits per heavy atom. The Kier molecular flexibility index (Phi) is 14.5. The van der Waals surface area contributed by atoms with Crippen molar-refractivity contribution in [2.24, 2.45) is 22.7 Å². The smallest absolute Gasteiger partial charge is 0.246 e. The Hall–Kier alpha value is -2.79. The summed E-state index contributed by atoms with van der Waals surface area (Å²) in [7, 11) is 1.45. The van der Waals surface area contributed by atoms with Crippen molar-refractivity contribution in [1.29, 1.82) is 0 Å². The van der Waals surface area contributed by atoms with Gasteiger partial charge in [-0.1, -0.05) is 51.6 Å². The maximum absolute atomic E-state index is 15.0. The fraction of sp³-hybridized carbons (Fsp3) is 0.649. The summed E-state index contributed by atoms with van der Waals surface area (Å²) < 4.78 is 31.2. The van der Waals surface area contributed by atoms with E-state index in [2.05, 4.69) is 34.5 Å². The second-order valence-corrected chi connectivity index (χ2v) is 13.9. The van der Waals surface area contributed by atoms with Crippen LogP contribution in [0.2, 0.25) is 5.02 Å². The first-order valence-corrected chi connectivity index (χ1v) is 17.9. The van der Waals surface area contributed by atoms with E-state index in [9.17, 15) is 9.90 Å². The summed E-state index contributed by atoms with van der Waals surface area (Å²) >= 11 is 6.43. The van der Waals surface area contributed by atoms with Crippen LogP contribution in [0.5, 0.6) is 5.75 Å². The van der Waals surface area contributed by atoms with Crippen molar-refractivity contribution in [3.8, 4) is 5.75 Å². The molecule has 266 valence electrons. The number of ether oxygens (including phenoxy) is 3. The number of anilines is 1. The molecule has 2 fully saturated rings. The van der Waals surface area contributed by atoms with Crippen LogP contribution in [-0.2, 0) is 20.7 Å². The molecule has 3 N–H and O–H groups in total. The molecule has 0 radical (unpaired) electrons. The van der Waals surface area contributed by atoms with Crippen molar-refractivity contribution >= 4 is 34.9 Å². The average molecular weight is 689 g/mol. The summed E-state index contributed by atoms with van der Waals surface area (Å²) in [5, 5.41) is 16.5. The van der Waals surface area contributed by atoms with Crippen LogP contribution in [0.25, 0.3) is 0 Å². The van der Waals surface area contributed by atoms with Gasteiger partial charge in [0.25, 0.3) is 0 Å². The number of carbonyl (C=O) groups excluding carboxylic acids is 1. The van der Waals surface area contributed by atoms with Crippen LogP contribution >= 0.6 is 11.6 Å². The quantitative estimate of drug-likeness (QED) is 0.131. The zero-order valence-electron chi connectivity index (χ0n) is 29.4. The number of methoxy groups -OCH3 is 1. The van der Waals surface area contributed by atoms with E-state index in [1.54, 1.807) is 0 Å². The van der Waals surface area contributed by atoms with Crippen molar-refractivity contribution in [2.75, 3.05) is 38.8 Å². The topological polar surface area (TPSA) is 114 Å². The van der Waals surface area contributed by atoms with E-state index in [1.807, 2.05) is 32.9 Å². The van der Waals surface area contributed by atoms with Crippen molar-refractivity contribution in [2.45, 2.75) is 104 Å². The second-order valence-electron chi connectivity index (χ2n) is 13.5. The van der Waals surface area contributed by atoms with E-state index in [-0.39, 0.29) is 43.2 Å². The first-order chi connectivity index (χ1) is 23.0. The largest absolute Gasteiger partial charge is 0.492 e. The second kappa shape index (κ2) is 18.3. The summed E-state index contributed by atoms with van der Waals surface area (Å²) in [6, 6.07) is 4.80. The third kappa shape index (κ3) is 10.6. The number of carbonyl (C=O) groups is 1. The number of fused-ring (bicyclic) bond motifs is 1. The number of aromatic nitrogens is 1. The van der Waals surface area contributed by atoms with E-state index in [4.69, 9.17) is 25.8 Å². The molecule has 1 saturated carbocycles. The lowest BCUT2D eigenvalue weighted by molar-refractivity contribution is -0.124. The third-order valence-corrected chi connectivity index (χ3v) is 9.83. The van der Waals surface area contributed by atoms with Crippen LogP contribution in [0.4, 0.5) is 16.0 Å². The van der Waals surface area contributed by atoms with Gasteiger partial charge in [0.2, 0.25) is 5.91 Å². The molecule has 3 aliphatic rings. The highest BCUT2D eigenvalue weighted by molar-refractivity contribution is 6.33. The summed E-state index contributed by atoms with van der Waals surface area (Å²) in [6.45, 7) is 11.8. The Morgan fingerprint density at radius 3 is 2.71 bits per heavy atom. The van der Waals surface area contributed by atoms with Gasteiger partial charge in [-0.3, -0.25) is 4.79 Å². The highest BCUT2D eigenvalue weighted by atomic mass is 35.5. The number of aliphatic hydroxyl groups excluding tert-OH is 1. The average Bonchev–Trinajstić information content (AvgIpc) is 3.66. The fourth-order valence-electron chi connectivity index (χ4n) is 6.48. The number of hydrogen-bond donors (Lipinski definition) is 3. The molecule has 2 unspecified atom stereocenters. The molecule has 11 heteroatoms. The number of rotatable bonds is 15. The summed E-state index contributed by atoms with van der Waals surface area (Å²) in [6.07, 6.45) is 8.21. The normalized spacial score (nSPS) is 22.5. The molecular weight excluding hydrogens is 635 g/mol. The molecule has 5 atom stereocenters. The van der Waals surface area contributed by atoms with Crippen LogP contribution in [0.15, 0.2) is 23.2 Å². The third-order valence-electron chi connectivity index (χ3n) is 9.54. The van der Waals surface area contributed by atoms with Gasteiger partial charge in [0.05, 0.1) is 36.4 Å². The number of pyridine rings is 1. The van der Waals surface area contributed by atoms with Gasteiger partial charge < -0.3 is 30.0 Å². The zero-order chi connectivity index (χ0) is 34.8. The molecule has 2 aromatic rings. The number of hydrogen-bond acceptors (Lipinski definition) is 8. The van der Waals surface area contributed by atoms with E-state index in [0.29, 0.717) is 59.2 Å². The van der Waals surface area contributed by atoms with E-state index in [1.165, 1.54) is 38.9 Å². The van der Waals surface area contributed by atoms with Gasteiger partial charge in [0.1, 0.15) is 30.6 Å². The van der Waals surface area contributed by atoms with Crippen LogP contribution in [0, 0.1) is 30.5 Å². The van der Waals surface area contributed by atoms with Gasteiger partial charge in [-0.05, 0) is 87.0 Å². The summed E-state index contributed by atoms with van der Waals surface area (Å²) in [4.78, 5) is 20.6. The first-order valence-electron chi connectivity index (χ1n) is 17.5. The van der Waals surface area contributed by atoms with Gasteiger partial charge >= 0.3 is 0 Å². The fourth-order valence-corrected chi connectivity index (χ4v) is 6.74.